The van der Waals surface area contributed by atoms with Crippen LogP contribution in [0.25, 0.3) is 0 Å². The highest BCUT2D eigenvalue weighted by atomic mass is 19.1. The first kappa shape index (κ1) is 10.2. The molecule has 0 N–H and O–H groups in total. The Morgan fingerprint density at radius 3 is 3.07 bits per heavy atom. The van der Waals surface area contributed by atoms with Crippen molar-refractivity contribution in [2.75, 3.05) is 13.1 Å². The second-order valence-electron chi connectivity index (χ2n) is 3.80. The van der Waals surface area contributed by atoms with E-state index in [0.717, 1.165) is 24.4 Å². The molecule has 0 aromatic carbocycles. The predicted octanol–water partition coefficient (Wildman–Crippen LogP) is 1.84. The van der Waals surface area contributed by atoms with Gasteiger partial charge in [0, 0.05) is 18.8 Å². The Bertz CT molecular complexity index is 376. The zero-order chi connectivity index (χ0) is 10.7. The molecule has 80 valence electrons. The van der Waals surface area contributed by atoms with Gasteiger partial charge in [0.1, 0.15) is 12.2 Å². The van der Waals surface area contributed by atoms with E-state index in [2.05, 4.69) is 14.9 Å². The molecule has 1 aliphatic rings. The summed E-state index contributed by atoms with van der Waals surface area (Å²) in [6, 6.07) is 1.94. The molecule has 0 aliphatic carbocycles. The Morgan fingerprint density at radius 1 is 1.47 bits per heavy atom. The Labute approximate surface area is 88.7 Å². The molecule has 4 heteroatoms. The molecule has 2 heterocycles. The van der Waals surface area contributed by atoms with Crippen LogP contribution < -0.4 is 0 Å². The molecule has 0 saturated carbocycles. The van der Waals surface area contributed by atoms with Gasteiger partial charge < -0.3 is 0 Å². The molecule has 1 aliphatic heterocycles. The van der Waals surface area contributed by atoms with Crippen molar-refractivity contribution in [1.29, 1.82) is 0 Å². The number of hydrogen-bond acceptors (Lipinski definition) is 3. The van der Waals surface area contributed by atoms with Crippen LogP contribution in [0, 0.1) is 6.92 Å². The summed E-state index contributed by atoms with van der Waals surface area (Å²) in [4.78, 5) is 10.2. The highest BCUT2D eigenvalue weighted by molar-refractivity contribution is 5.08. The molecule has 0 fully saturated rings. The number of nitrogens with zero attached hydrogens (tertiary/aromatic N) is 3. The lowest BCUT2D eigenvalue weighted by Gasteiger charge is -2.23. The van der Waals surface area contributed by atoms with E-state index in [1.54, 1.807) is 12.4 Å². The number of hydrogen-bond donors (Lipinski definition) is 0. The maximum atomic E-state index is 13.0. The molecule has 0 saturated heterocycles. The molecular formula is C11H14FN3. The second-order valence-corrected chi connectivity index (χ2v) is 3.80. The molecule has 1 aromatic heterocycles. The number of rotatable bonds is 2. The fraction of sp³-hybridized carbons (Fsp3) is 0.455. The number of aromatic nitrogens is 2. The van der Waals surface area contributed by atoms with Crippen LogP contribution in [-0.2, 0) is 6.54 Å². The molecule has 0 radical (unpaired) electrons. The van der Waals surface area contributed by atoms with Gasteiger partial charge in [0.2, 0.25) is 0 Å². The van der Waals surface area contributed by atoms with Crippen molar-refractivity contribution in [3.63, 3.8) is 0 Å². The van der Waals surface area contributed by atoms with Crippen molar-refractivity contribution in [1.82, 2.24) is 14.9 Å². The van der Waals surface area contributed by atoms with Crippen molar-refractivity contribution >= 4 is 0 Å². The van der Waals surface area contributed by atoms with Crippen molar-refractivity contribution in [2.45, 2.75) is 19.9 Å². The van der Waals surface area contributed by atoms with E-state index < -0.39 is 0 Å². The van der Waals surface area contributed by atoms with Crippen molar-refractivity contribution in [3.05, 3.63) is 35.7 Å². The lowest BCUT2D eigenvalue weighted by molar-refractivity contribution is 0.256. The second kappa shape index (κ2) is 4.49. The zero-order valence-electron chi connectivity index (χ0n) is 8.78. The highest BCUT2D eigenvalue weighted by Gasteiger charge is 2.12. The minimum absolute atomic E-state index is 0.0352. The van der Waals surface area contributed by atoms with Crippen molar-refractivity contribution < 1.29 is 4.39 Å². The molecule has 1 aromatic rings. The third kappa shape index (κ3) is 2.83. The van der Waals surface area contributed by atoms with Crippen LogP contribution in [-0.4, -0.2) is 28.0 Å². The quantitative estimate of drug-likeness (QED) is 0.741. The number of aryl methyl sites for hydroxylation is 1. The Kier molecular flexibility index (Phi) is 3.06. The van der Waals surface area contributed by atoms with Crippen LogP contribution in [0.5, 0.6) is 0 Å². The summed E-state index contributed by atoms with van der Waals surface area (Å²) in [5.74, 6) is -0.0352. The first-order chi connectivity index (χ1) is 7.24. The Balaban J connectivity index is 2.00. The zero-order valence-corrected chi connectivity index (χ0v) is 8.78. The van der Waals surface area contributed by atoms with Crippen LogP contribution in [0.1, 0.15) is 17.8 Å². The highest BCUT2D eigenvalue weighted by Crippen LogP contribution is 2.12. The third-order valence-electron chi connectivity index (χ3n) is 2.43. The average molecular weight is 207 g/mol. The molecular weight excluding hydrogens is 193 g/mol. The van der Waals surface area contributed by atoms with Crippen molar-refractivity contribution in [2.24, 2.45) is 0 Å². The monoisotopic (exact) mass is 207 g/mol. The minimum atomic E-state index is -0.0352. The van der Waals surface area contributed by atoms with E-state index in [-0.39, 0.29) is 5.83 Å². The maximum Gasteiger partial charge on any atom is 0.115 e. The smallest absolute Gasteiger partial charge is 0.115 e. The van der Waals surface area contributed by atoms with Crippen LogP contribution in [0.3, 0.4) is 0 Å². The average Bonchev–Trinajstić information content (AvgIpc) is 2.17. The predicted molar refractivity (Wildman–Crippen MR) is 55.9 cm³/mol. The molecule has 0 spiro atoms. The fourth-order valence-electron chi connectivity index (χ4n) is 1.72. The molecule has 0 atom stereocenters. The first-order valence-corrected chi connectivity index (χ1v) is 5.08. The molecule has 15 heavy (non-hydrogen) atoms. The van der Waals surface area contributed by atoms with E-state index in [9.17, 15) is 4.39 Å². The lowest BCUT2D eigenvalue weighted by atomic mass is 10.2. The summed E-state index contributed by atoms with van der Waals surface area (Å²) in [5.41, 5.74) is 1.91. The standard InChI is InChI=1S/C11H14FN3/c1-9-5-11(14-8-13-9)7-15-4-2-3-10(12)6-15/h3,5,8H,2,4,6-7H2,1H3. The van der Waals surface area contributed by atoms with Crippen LogP contribution in [0.2, 0.25) is 0 Å². The van der Waals surface area contributed by atoms with Gasteiger partial charge in [0.05, 0.1) is 12.2 Å². The maximum absolute atomic E-state index is 13.0. The lowest BCUT2D eigenvalue weighted by Crippen LogP contribution is -2.28. The van der Waals surface area contributed by atoms with Gasteiger partial charge in [-0.1, -0.05) is 6.08 Å². The summed E-state index contributed by atoms with van der Waals surface area (Å²) >= 11 is 0. The topological polar surface area (TPSA) is 29.0 Å². The molecule has 2 rings (SSSR count). The normalized spacial score (nSPS) is 17.6. The molecule has 0 amide bonds. The van der Waals surface area contributed by atoms with E-state index in [1.165, 1.54) is 0 Å². The largest absolute Gasteiger partial charge is 0.291 e. The summed E-state index contributed by atoms with van der Waals surface area (Å²) < 4.78 is 13.0. The molecule has 3 nitrogen and oxygen atoms in total. The molecule has 0 bridgehead atoms. The van der Waals surface area contributed by atoms with E-state index in [4.69, 9.17) is 0 Å². The van der Waals surface area contributed by atoms with Crippen LogP contribution in [0.15, 0.2) is 24.3 Å². The summed E-state index contributed by atoms with van der Waals surface area (Å²) in [6.45, 7) is 3.94. The SMILES string of the molecule is Cc1cc(CN2CCC=C(F)C2)ncn1. The first-order valence-electron chi connectivity index (χ1n) is 5.08. The van der Waals surface area contributed by atoms with Gasteiger partial charge in [-0.3, -0.25) is 4.90 Å². The summed E-state index contributed by atoms with van der Waals surface area (Å²) in [6.07, 6.45) is 4.00. The van der Waals surface area contributed by atoms with Gasteiger partial charge in [0.15, 0.2) is 0 Å². The van der Waals surface area contributed by atoms with Crippen molar-refractivity contribution in [3.8, 4) is 0 Å². The van der Waals surface area contributed by atoms with Gasteiger partial charge in [0.25, 0.3) is 0 Å². The number of halogens is 1. The fourth-order valence-corrected chi connectivity index (χ4v) is 1.72. The third-order valence-corrected chi connectivity index (χ3v) is 2.43. The Hall–Kier alpha value is -1.29. The van der Waals surface area contributed by atoms with Gasteiger partial charge in [-0.15, -0.1) is 0 Å². The van der Waals surface area contributed by atoms with E-state index in [0.29, 0.717) is 13.1 Å². The van der Waals surface area contributed by atoms with E-state index in [1.807, 2.05) is 13.0 Å². The van der Waals surface area contributed by atoms with E-state index >= 15 is 0 Å². The van der Waals surface area contributed by atoms with Gasteiger partial charge in [-0.2, -0.15) is 0 Å². The Morgan fingerprint density at radius 2 is 2.33 bits per heavy atom. The van der Waals surface area contributed by atoms with Gasteiger partial charge >= 0.3 is 0 Å². The van der Waals surface area contributed by atoms with Gasteiger partial charge in [-0.25, -0.2) is 14.4 Å². The summed E-state index contributed by atoms with van der Waals surface area (Å²) in [5, 5.41) is 0. The minimum Gasteiger partial charge on any atom is -0.291 e. The molecule has 0 unspecified atom stereocenters. The van der Waals surface area contributed by atoms with Gasteiger partial charge in [-0.05, 0) is 19.4 Å². The van der Waals surface area contributed by atoms with Crippen LogP contribution in [0.4, 0.5) is 4.39 Å². The summed E-state index contributed by atoms with van der Waals surface area (Å²) in [7, 11) is 0. The van der Waals surface area contributed by atoms with Crippen LogP contribution >= 0.6 is 0 Å².